The normalized spacial score (nSPS) is 16.7. The second-order valence-corrected chi connectivity index (χ2v) is 4.22. The molecule has 1 aliphatic carbocycles. The van der Waals surface area contributed by atoms with Crippen molar-refractivity contribution < 1.29 is 14.7 Å². The van der Waals surface area contributed by atoms with Gasteiger partial charge < -0.3 is 10.4 Å². The Labute approximate surface area is 101 Å². The molecule has 0 heterocycles. The second kappa shape index (κ2) is 6.56. The highest BCUT2D eigenvalue weighted by Crippen LogP contribution is 2.28. The lowest BCUT2D eigenvalue weighted by Crippen LogP contribution is -2.51. The van der Waals surface area contributed by atoms with E-state index in [9.17, 15) is 9.59 Å². The minimum absolute atomic E-state index is 0.0231. The third-order valence-electron chi connectivity index (χ3n) is 2.83. The number of hydrogen-bond acceptors (Lipinski definition) is 4. The largest absolute Gasteiger partial charge is 0.395 e. The molecule has 0 bridgehead atoms. The van der Waals surface area contributed by atoms with E-state index in [-0.39, 0.29) is 12.5 Å². The van der Waals surface area contributed by atoms with Crippen LogP contribution in [0.2, 0.25) is 0 Å². The lowest BCUT2D eigenvalue weighted by atomic mass is 10.2. The highest BCUT2D eigenvalue weighted by molar-refractivity contribution is 5.96. The Bertz CT molecular complexity index is 279. The molecule has 1 atom stereocenters. The molecular formula is C11H21N3O3. The molecule has 6 nitrogen and oxygen atoms in total. The van der Waals surface area contributed by atoms with Gasteiger partial charge in [-0.1, -0.05) is 0 Å². The van der Waals surface area contributed by atoms with Gasteiger partial charge in [-0.05, 0) is 26.7 Å². The fourth-order valence-electron chi connectivity index (χ4n) is 1.79. The van der Waals surface area contributed by atoms with Crippen LogP contribution in [0.4, 0.5) is 4.79 Å². The van der Waals surface area contributed by atoms with Gasteiger partial charge in [-0.25, -0.2) is 4.79 Å². The Balaban J connectivity index is 2.45. The minimum atomic E-state index is -0.468. The smallest absolute Gasteiger partial charge is 0.321 e. The maximum atomic E-state index is 11.8. The molecule has 1 fully saturated rings. The Morgan fingerprint density at radius 2 is 2.12 bits per heavy atom. The van der Waals surface area contributed by atoms with Gasteiger partial charge in [-0.2, -0.15) is 0 Å². The summed E-state index contributed by atoms with van der Waals surface area (Å²) in [6, 6.07) is -0.488. The molecule has 3 amide bonds. The molecule has 0 aromatic carbocycles. The first-order valence-electron chi connectivity index (χ1n) is 6.05. The van der Waals surface area contributed by atoms with E-state index in [1.165, 1.54) is 0 Å². The number of carbonyl (C=O) groups is 2. The summed E-state index contributed by atoms with van der Waals surface area (Å²) >= 11 is 0. The lowest BCUT2D eigenvalue weighted by Gasteiger charge is -2.27. The molecule has 17 heavy (non-hydrogen) atoms. The molecule has 1 saturated carbocycles. The molecule has 3 N–H and O–H groups in total. The van der Waals surface area contributed by atoms with Crippen molar-refractivity contribution in [3.63, 3.8) is 0 Å². The number of nitrogens with zero attached hydrogens (tertiary/aromatic N) is 1. The fraction of sp³-hybridized carbons (Fsp3) is 0.818. The summed E-state index contributed by atoms with van der Waals surface area (Å²) in [6.45, 7) is 4.51. The zero-order valence-corrected chi connectivity index (χ0v) is 10.4. The van der Waals surface area contributed by atoms with Gasteiger partial charge in [0.25, 0.3) is 0 Å². The molecule has 0 aliphatic heterocycles. The summed E-state index contributed by atoms with van der Waals surface area (Å²) in [5, 5.41) is 13.8. The number of rotatable bonds is 6. The zero-order chi connectivity index (χ0) is 12.8. The average Bonchev–Trinajstić information content (AvgIpc) is 3.09. The fourth-order valence-corrected chi connectivity index (χ4v) is 1.79. The average molecular weight is 243 g/mol. The predicted molar refractivity (Wildman–Crippen MR) is 63.5 cm³/mol. The number of hydrogen-bond donors (Lipinski definition) is 3. The van der Waals surface area contributed by atoms with Crippen LogP contribution in [0.3, 0.4) is 0 Å². The number of aliphatic hydroxyl groups is 1. The number of carbonyl (C=O) groups excluding carboxylic acids is 2. The van der Waals surface area contributed by atoms with E-state index >= 15 is 0 Å². The minimum Gasteiger partial charge on any atom is -0.395 e. The topological polar surface area (TPSA) is 81.7 Å². The molecule has 0 saturated heterocycles. The molecule has 0 spiro atoms. The van der Waals surface area contributed by atoms with E-state index in [0.29, 0.717) is 19.1 Å². The Morgan fingerprint density at radius 3 is 2.59 bits per heavy atom. The van der Waals surface area contributed by atoms with E-state index in [2.05, 4.69) is 10.6 Å². The highest BCUT2D eigenvalue weighted by atomic mass is 16.3. The van der Waals surface area contributed by atoms with E-state index in [4.69, 9.17) is 5.11 Å². The van der Waals surface area contributed by atoms with Crippen LogP contribution < -0.4 is 10.6 Å². The van der Waals surface area contributed by atoms with Crippen molar-refractivity contribution in [2.75, 3.05) is 19.7 Å². The standard InChI is InChI=1S/C11H21N3O3/c1-3-12-11(17)13-10(16)8(2)14(6-7-15)9-4-5-9/h8-9,15H,3-7H2,1-2H3,(H2,12,13,16,17). The Hall–Kier alpha value is -1.14. The van der Waals surface area contributed by atoms with Crippen LogP contribution in [0.1, 0.15) is 26.7 Å². The summed E-state index contributed by atoms with van der Waals surface area (Å²) < 4.78 is 0. The zero-order valence-electron chi connectivity index (χ0n) is 10.4. The first-order chi connectivity index (χ1) is 8.10. The van der Waals surface area contributed by atoms with Gasteiger partial charge in [-0.15, -0.1) is 0 Å². The lowest BCUT2D eigenvalue weighted by molar-refractivity contribution is -0.125. The summed E-state index contributed by atoms with van der Waals surface area (Å²) in [5.74, 6) is -0.323. The molecule has 98 valence electrons. The molecule has 1 rings (SSSR count). The maximum absolute atomic E-state index is 11.8. The van der Waals surface area contributed by atoms with Gasteiger partial charge in [0, 0.05) is 19.1 Å². The first kappa shape index (κ1) is 13.9. The maximum Gasteiger partial charge on any atom is 0.321 e. The van der Waals surface area contributed by atoms with Crippen LogP contribution >= 0.6 is 0 Å². The molecule has 1 unspecified atom stereocenters. The first-order valence-corrected chi connectivity index (χ1v) is 6.05. The summed E-state index contributed by atoms with van der Waals surface area (Å²) in [5.41, 5.74) is 0. The van der Waals surface area contributed by atoms with Crippen LogP contribution in [0.25, 0.3) is 0 Å². The third kappa shape index (κ3) is 4.32. The monoisotopic (exact) mass is 243 g/mol. The third-order valence-corrected chi connectivity index (χ3v) is 2.83. The predicted octanol–water partition coefficient (Wildman–Crippen LogP) is -0.323. The van der Waals surface area contributed by atoms with Gasteiger partial charge in [0.1, 0.15) is 0 Å². The van der Waals surface area contributed by atoms with Gasteiger partial charge >= 0.3 is 6.03 Å². The van der Waals surface area contributed by atoms with Crippen LogP contribution in [0, 0.1) is 0 Å². The van der Waals surface area contributed by atoms with Crippen molar-refractivity contribution in [3.8, 4) is 0 Å². The number of amides is 3. The molecule has 1 aliphatic rings. The van der Waals surface area contributed by atoms with E-state index in [0.717, 1.165) is 12.8 Å². The molecule has 0 aromatic rings. The van der Waals surface area contributed by atoms with Crippen LogP contribution in [0.5, 0.6) is 0 Å². The number of urea groups is 1. The quantitative estimate of drug-likeness (QED) is 0.597. The summed E-state index contributed by atoms with van der Waals surface area (Å²) in [7, 11) is 0. The van der Waals surface area contributed by atoms with E-state index in [1.54, 1.807) is 13.8 Å². The molecule has 0 radical (unpaired) electrons. The van der Waals surface area contributed by atoms with Crippen LogP contribution in [-0.2, 0) is 4.79 Å². The second-order valence-electron chi connectivity index (χ2n) is 4.22. The number of nitrogens with one attached hydrogen (secondary N) is 2. The molecule has 6 heteroatoms. The van der Waals surface area contributed by atoms with Crippen molar-refractivity contribution >= 4 is 11.9 Å². The van der Waals surface area contributed by atoms with Gasteiger partial charge in [0.15, 0.2) is 0 Å². The van der Waals surface area contributed by atoms with Crippen molar-refractivity contribution in [1.82, 2.24) is 15.5 Å². The van der Waals surface area contributed by atoms with E-state index < -0.39 is 12.1 Å². The number of imide groups is 1. The van der Waals surface area contributed by atoms with Gasteiger partial charge in [0.2, 0.25) is 5.91 Å². The number of aliphatic hydroxyl groups excluding tert-OH is 1. The van der Waals surface area contributed by atoms with Gasteiger partial charge in [0.05, 0.1) is 12.6 Å². The molecular weight excluding hydrogens is 222 g/mol. The van der Waals surface area contributed by atoms with Gasteiger partial charge in [-0.3, -0.25) is 15.0 Å². The van der Waals surface area contributed by atoms with Crippen LogP contribution in [0.15, 0.2) is 0 Å². The van der Waals surface area contributed by atoms with Crippen molar-refractivity contribution in [2.24, 2.45) is 0 Å². The Morgan fingerprint density at radius 1 is 1.47 bits per heavy atom. The van der Waals surface area contributed by atoms with Crippen molar-refractivity contribution in [1.29, 1.82) is 0 Å². The SMILES string of the molecule is CCNC(=O)NC(=O)C(C)N(CCO)C1CC1. The Kier molecular flexibility index (Phi) is 5.37. The van der Waals surface area contributed by atoms with E-state index in [1.807, 2.05) is 4.90 Å². The summed E-state index contributed by atoms with van der Waals surface area (Å²) in [4.78, 5) is 24.9. The van der Waals surface area contributed by atoms with Crippen molar-refractivity contribution in [2.45, 2.75) is 38.8 Å². The van der Waals surface area contributed by atoms with Crippen molar-refractivity contribution in [3.05, 3.63) is 0 Å². The van der Waals surface area contributed by atoms with Crippen LogP contribution in [-0.4, -0.2) is 53.7 Å². The molecule has 0 aromatic heterocycles. The highest BCUT2D eigenvalue weighted by Gasteiger charge is 2.34. The summed E-state index contributed by atoms with van der Waals surface area (Å²) in [6.07, 6.45) is 2.11.